The quantitative estimate of drug-likeness (QED) is 0.792. The normalized spacial score (nSPS) is 12.1. The number of quaternary nitrogens is 1. The fourth-order valence-electron chi connectivity index (χ4n) is 2.02. The minimum atomic E-state index is 0.0247. The second kappa shape index (κ2) is 7.84. The van der Waals surface area contributed by atoms with Gasteiger partial charge in [-0.3, -0.25) is 4.79 Å². The number of hydrogen-bond acceptors (Lipinski definition) is 3. The molecule has 2 N–H and O–H groups in total. The van der Waals surface area contributed by atoms with Crippen LogP contribution in [-0.4, -0.2) is 25.8 Å². The lowest BCUT2D eigenvalue weighted by molar-refractivity contribution is -0.884. The molecular weight excluding hydrogens is 324 g/mol. The molecular formula is C15H18ClN2OS2+. The molecule has 0 spiro atoms. The molecule has 112 valence electrons. The lowest BCUT2D eigenvalue weighted by Crippen LogP contribution is -3.08. The van der Waals surface area contributed by atoms with E-state index in [1.54, 1.807) is 23.1 Å². The van der Waals surface area contributed by atoms with E-state index in [9.17, 15) is 4.79 Å². The van der Waals surface area contributed by atoms with Crippen molar-refractivity contribution in [3.63, 3.8) is 0 Å². The van der Waals surface area contributed by atoms with Crippen LogP contribution < -0.4 is 10.2 Å². The Balaban J connectivity index is 1.89. The third kappa shape index (κ3) is 5.04. The van der Waals surface area contributed by atoms with Gasteiger partial charge in [-0.1, -0.05) is 23.7 Å². The van der Waals surface area contributed by atoms with Gasteiger partial charge in [-0.25, -0.2) is 0 Å². The van der Waals surface area contributed by atoms with E-state index in [1.165, 1.54) is 4.88 Å². The summed E-state index contributed by atoms with van der Waals surface area (Å²) in [4.78, 5) is 15.5. The summed E-state index contributed by atoms with van der Waals surface area (Å²) in [6.45, 7) is 1.23. The Bertz CT molecular complexity index is 615. The van der Waals surface area contributed by atoms with E-state index in [2.05, 4.69) is 5.32 Å². The molecule has 0 aliphatic heterocycles. The van der Waals surface area contributed by atoms with Gasteiger partial charge in [0.1, 0.15) is 6.54 Å². The van der Waals surface area contributed by atoms with E-state index in [-0.39, 0.29) is 5.91 Å². The molecule has 0 aliphatic carbocycles. The van der Waals surface area contributed by atoms with Gasteiger partial charge in [0.15, 0.2) is 6.54 Å². The molecule has 1 heterocycles. The summed E-state index contributed by atoms with van der Waals surface area (Å²) in [6, 6.07) is 11.7. The van der Waals surface area contributed by atoms with Crippen molar-refractivity contribution in [2.45, 2.75) is 11.4 Å². The van der Waals surface area contributed by atoms with E-state index in [4.69, 9.17) is 11.6 Å². The number of likely N-dealkylation sites (N-methyl/N-ethyl adjacent to an activating group) is 1. The molecule has 21 heavy (non-hydrogen) atoms. The molecule has 1 aromatic carbocycles. The van der Waals surface area contributed by atoms with Crippen LogP contribution >= 0.6 is 34.7 Å². The van der Waals surface area contributed by atoms with Crippen LogP contribution in [0.4, 0.5) is 5.69 Å². The first-order chi connectivity index (χ1) is 10.1. The van der Waals surface area contributed by atoms with Crippen LogP contribution in [-0.2, 0) is 11.3 Å². The van der Waals surface area contributed by atoms with E-state index >= 15 is 0 Å². The number of hydrogen-bond donors (Lipinski definition) is 2. The standard InChI is InChI=1S/C15H17ClN2OS2/c1-18(9-11-7-8-14(16)21-11)10-15(19)17-12-5-3-4-6-13(12)20-2/h3-8H,9-10H2,1-2H3,(H,17,19)/p+1. The zero-order valence-electron chi connectivity index (χ0n) is 12.0. The molecule has 0 fully saturated rings. The summed E-state index contributed by atoms with van der Waals surface area (Å²) >= 11 is 9.11. The largest absolute Gasteiger partial charge is 0.325 e. The van der Waals surface area contributed by atoms with Crippen molar-refractivity contribution in [1.29, 1.82) is 0 Å². The Morgan fingerprint density at radius 1 is 1.33 bits per heavy atom. The second-order valence-corrected chi connectivity index (χ2v) is 7.41. The van der Waals surface area contributed by atoms with E-state index < -0.39 is 0 Å². The number of nitrogens with one attached hydrogen (secondary N) is 2. The summed E-state index contributed by atoms with van der Waals surface area (Å²) < 4.78 is 0.788. The summed E-state index contributed by atoms with van der Waals surface area (Å²) in [5.74, 6) is 0.0247. The zero-order chi connectivity index (χ0) is 15.2. The molecule has 0 bridgehead atoms. The first kappa shape index (κ1) is 16.4. The fraction of sp³-hybridized carbons (Fsp3) is 0.267. The maximum Gasteiger partial charge on any atom is 0.279 e. The number of halogens is 1. The number of anilines is 1. The van der Waals surface area contributed by atoms with E-state index in [0.29, 0.717) is 6.54 Å². The molecule has 0 saturated heterocycles. The van der Waals surface area contributed by atoms with Crippen LogP contribution in [0, 0.1) is 0 Å². The highest BCUT2D eigenvalue weighted by Gasteiger charge is 2.13. The monoisotopic (exact) mass is 341 g/mol. The first-order valence-corrected chi connectivity index (χ1v) is 8.99. The number of carbonyl (C=O) groups is 1. The zero-order valence-corrected chi connectivity index (χ0v) is 14.4. The minimum Gasteiger partial charge on any atom is -0.325 e. The summed E-state index contributed by atoms with van der Waals surface area (Å²) in [6.07, 6.45) is 2.00. The Morgan fingerprint density at radius 2 is 2.10 bits per heavy atom. The number of amides is 1. The van der Waals surface area contributed by atoms with Crippen molar-refractivity contribution in [1.82, 2.24) is 0 Å². The Labute approximate surface area is 138 Å². The van der Waals surface area contributed by atoms with E-state index in [1.807, 2.05) is 49.7 Å². The fourth-order valence-corrected chi connectivity index (χ4v) is 3.78. The molecule has 6 heteroatoms. The van der Waals surface area contributed by atoms with Crippen molar-refractivity contribution in [3.05, 3.63) is 45.6 Å². The molecule has 2 aromatic rings. The highest BCUT2D eigenvalue weighted by Crippen LogP contribution is 2.24. The number of para-hydroxylation sites is 1. The molecule has 1 aromatic heterocycles. The number of thiophene rings is 1. The maximum absolute atomic E-state index is 12.1. The van der Waals surface area contributed by atoms with Gasteiger partial charge in [-0.15, -0.1) is 23.1 Å². The van der Waals surface area contributed by atoms with Gasteiger partial charge in [0.2, 0.25) is 0 Å². The Hall–Kier alpha value is -1.01. The highest BCUT2D eigenvalue weighted by atomic mass is 35.5. The van der Waals surface area contributed by atoms with Gasteiger partial charge in [0.25, 0.3) is 5.91 Å². The predicted molar refractivity (Wildman–Crippen MR) is 91.6 cm³/mol. The molecule has 2 rings (SSSR count). The molecule has 0 aliphatic rings. The lowest BCUT2D eigenvalue weighted by atomic mass is 10.3. The summed E-state index contributed by atoms with van der Waals surface area (Å²) in [5, 5.41) is 2.98. The molecule has 3 nitrogen and oxygen atoms in total. The predicted octanol–water partition coefficient (Wildman–Crippen LogP) is 2.78. The molecule has 1 atom stereocenters. The Kier molecular flexibility index (Phi) is 6.11. The van der Waals surface area contributed by atoms with Crippen molar-refractivity contribution in [2.24, 2.45) is 0 Å². The van der Waals surface area contributed by atoms with Gasteiger partial charge in [0.05, 0.1) is 21.9 Å². The minimum absolute atomic E-state index is 0.0247. The third-order valence-corrected chi connectivity index (χ3v) is 4.98. The average Bonchev–Trinajstić information content (AvgIpc) is 2.84. The summed E-state index contributed by atoms with van der Waals surface area (Å²) in [5.41, 5.74) is 0.877. The number of rotatable bonds is 6. The highest BCUT2D eigenvalue weighted by molar-refractivity contribution is 7.98. The van der Waals surface area contributed by atoms with Crippen LogP contribution in [0.2, 0.25) is 4.34 Å². The Morgan fingerprint density at radius 3 is 2.76 bits per heavy atom. The van der Waals surface area contributed by atoms with Crippen LogP contribution in [0.5, 0.6) is 0 Å². The third-order valence-electron chi connectivity index (χ3n) is 2.95. The SMILES string of the molecule is CSc1ccccc1NC(=O)C[NH+](C)Cc1ccc(Cl)s1. The van der Waals surface area contributed by atoms with Gasteiger partial charge < -0.3 is 10.2 Å². The van der Waals surface area contributed by atoms with Gasteiger partial charge >= 0.3 is 0 Å². The van der Waals surface area contributed by atoms with Crippen molar-refractivity contribution >= 4 is 46.3 Å². The van der Waals surface area contributed by atoms with Crippen LogP contribution in [0.15, 0.2) is 41.3 Å². The van der Waals surface area contributed by atoms with Gasteiger partial charge in [0, 0.05) is 4.90 Å². The van der Waals surface area contributed by atoms with Crippen LogP contribution in [0.25, 0.3) is 0 Å². The van der Waals surface area contributed by atoms with Crippen molar-refractivity contribution in [2.75, 3.05) is 25.2 Å². The molecule has 1 amide bonds. The van der Waals surface area contributed by atoms with Crippen LogP contribution in [0.1, 0.15) is 4.88 Å². The second-order valence-electron chi connectivity index (χ2n) is 4.76. The molecule has 1 unspecified atom stereocenters. The maximum atomic E-state index is 12.1. The number of benzene rings is 1. The smallest absolute Gasteiger partial charge is 0.279 e. The van der Waals surface area contributed by atoms with Gasteiger partial charge in [-0.05, 0) is 30.5 Å². The van der Waals surface area contributed by atoms with Crippen LogP contribution in [0.3, 0.4) is 0 Å². The molecule has 0 radical (unpaired) electrons. The number of thioether (sulfide) groups is 1. The average molecular weight is 342 g/mol. The first-order valence-electron chi connectivity index (χ1n) is 6.57. The lowest BCUT2D eigenvalue weighted by Gasteiger charge is -2.14. The topological polar surface area (TPSA) is 33.5 Å². The van der Waals surface area contributed by atoms with Gasteiger partial charge in [-0.2, -0.15) is 0 Å². The van der Waals surface area contributed by atoms with Crippen molar-refractivity contribution < 1.29 is 9.69 Å². The molecule has 0 saturated carbocycles. The summed E-state index contributed by atoms with van der Waals surface area (Å²) in [7, 11) is 2.01. The van der Waals surface area contributed by atoms with E-state index in [0.717, 1.165) is 26.4 Å². The number of carbonyl (C=O) groups excluding carboxylic acids is 1. The van der Waals surface area contributed by atoms with Crippen molar-refractivity contribution in [3.8, 4) is 0 Å².